The summed E-state index contributed by atoms with van der Waals surface area (Å²) in [5.74, 6) is -1.39. The maximum Gasteiger partial charge on any atom is 0.314 e. The number of aryl methyl sites for hydroxylation is 1. The summed E-state index contributed by atoms with van der Waals surface area (Å²) in [6.07, 6.45) is 0.970. The number of carbonyl (C=O) groups excluding carboxylic acids is 2. The van der Waals surface area contributed by atoms with E-state index >= 15 is 0 Å². The molecular formula is C15H17N3O4. The van der Waals surface area contributed by atoms with E-state index < -0.39 is 11.8 Å². The lowest BCUT2D eigenvalue weighted by atomic mass is 10.0. The van der Waals surface area contributed by atoms with E-state index in [4.69, 9.17) is 4.74 Å². The molecule has 2 N–H and O–H groups in total. The Morgan fingerprint density at radius 3 is 2.68 bits per heavy atom. The van der Waals surface area contributed by atoms with Gasteiger partial charge in [-0.25, -0.2) is 0 Å². The number of ether oxygens (including phenoxy) is 1. The largest absolute Gasteiger partial charge is 0.375 e. The third-order valence-corrected chi connectivity index (χ3v) is 3.15. The van der Waals surface area contributed by atoms with Gasteiger partial charge in [-0.3, -0.25) is 14.9 Å². The SMILES string of the molecule is CO[C@@H](CNC(=O)C(=O)Nc1ccon1)c1ccccc1C. The second kappa shape index (κ2) is 7.37. The first-order valence-electron chi connectivity index (χ1n) is 6.69. The molecule has 0 radical (unpaired) electrons. The summed E-state index contributed by atoms with van der Waals surface area (Å²) in [7, 11) is 1.55. The maximum absolute atomic E-state index is 11.8. The van der Waals surface area contributed by atoms with E-state index in [1.165, 1.54) is 12.3 Å². The Hall–Kier alpha value is -2.67. The number of anilines is 1. The molecule has 7 heteroatoms. The van der Waals surface area contributed by atoms with Crippen LogP contribution in [0.5, 0.6) is 0 Å². The molecule has 2 aromatic rings. The number of amides is 2. The molecule has 1 atom stereocenters. The predicted octanol–water partition coefficient (Wildman–Crippen LogP) is 1.43. The Balaban J connectivity index is 1.91. The molecule has 0 saturated heterocycles. The quantitative estimate of drug-likeness (QED) is 0.815. The van der Waals surface area contributed by atoms with Crippen LogP contribution < -0.4 is 10.6 Å². The number of methoxy groups -OCH3 is 1. The lowest BCUT2D eigenvalue weighted by molar-refractivity contribution is -0.136. The summed E-state index contributed by atoms with van der Waals surface area (Å²) in [6.45, 7) is 2.15. The molecule has 2 rings (SSSR count). The fraction of sp³-hybridized carbons (Fsp3) is 0.267. The van der Waals surface area contributed by atoms with Crippen LogP contribution in [0.15, 0.2) is 41.1 Å². The standard InChI is InChI=1S/C15H17N3O4/c1-10-5-3-4-6-11(10)12(21-2)9-16-14(19)15(20)17-13-7-8-22-18-13/h3-8,12H,9H2,1-2H3,(H,16,19)(H,17,18,20)/t12-/m0/s1. The van der Waals surface area contributed by atoms with Crippen molar-refractivity contribution >= 4 is 17.6 Å². The number of hydrogen-bond acceptors (Lipinski definition) is 5. The van der Waals surface area contributed by atoms with Crippen LogP contribution in [0.3, 0.4) is 0 Å². The molecule has 0 aliphatic rings. The van der Waals surface area contributed by atoms with Crippen molar-refractivity contribution in [1.82, 2.24) is 10.5 Å². The van der Waals surface area contributed by atoms with Crippen LogP contribution in [0.1, 0.15) is 17.2 Å². The number of aromatic nitrogens is 1. The minimum Gasteiger partial charge on any atom is -0.375 e. The summed E-state index contributed by atoms with van der Waals surface area (Å²) in [6, 6.07) is 9.14. The summed E-state index contributed by atoms with van der Waals surface area (Å²) in [4.78, 5) is 23.4. The van der Waals surface area contributed by atoms with Gasteiger partial charge >= 0.3 is 11.8 Å². The smallest absolute Gasteiger partial charge is 0.314 e. The van der Waals surface area contributed by atoms with E-state index in [1.54, 1.807) is 7.11 Å². The molecule has 1 aromatic heterocycles. The van der Waals surface area contributed by atoms with Crippen molar-refractivity contribution in [1.29, 1.82) is 0 Å². The van der Waals surface area contributed by atoms with Crippen molar-refractivity contribution in [3.05, 3.63) is 47.7 Å². The average Bonchev–Trinajstić information content (AvgIpc) is 3.02. The molecule has 0 saturated carbocycles. The van der Waals surface area contributed by atoms with Gasteiger partial charge in [-0.05, 0) is 18.1 Å². The number of rotatable bonds is 5. The summed E-state index contributed by atoms with van der Waals surface area (Å²) in [5.41, 5.74) is 2.01. The molecule has 0 unspecified atom stereocenters. The minimum atomic E-state index is -0.812. The summed E-state index contributed by atoms with van der Waals surface area (Å²) < 4.78 is 9.94. The van der Waals surface area contributed by atoms with Gasteiger partial charge in [0.1, 0.15) is 6.26 Å². The monoisotopic (exact) mass is 303 g/mol. The Morgan fingerprint density at radius 1 is 1.27 bits per heavy atom. The van der Waals surface area contributed by atoms with Crippen LogP contribution in [0.4, 0.5) is 5.82 Å². The van der Waals surface area contributed by atoms with Gasteiger partial charge in [0.15, 0.2) is 5.82 Å². The van der Waals surface area contributed by atoms with Gasteiger partial charge in [0.25, 0.3) is 0 Å². The molecule has 0 aliphatic heterocycles. The molecule has 1 aromatic carbocycles. The van der Waals surface area contributed by atoms with Gasteiger partial charge in [0, 0.05) is 19.7 Å². The zero-order chi connectivity index (χ0) is 15.9. The molecule has 116 valence electrons. The number of benzene rings is 1. The third kappa shape index (κ3) is 3.92. The zero-order valence-corrected chi connectivity index (χ0v) is 12.3. The topological polar surface area (TPSA) is 93.5 Å². The first-order valence-corrected chi connectivity index (χ1v) is 6.69. The van der Waals surface area contributed by atoms with E-state index in [0.29, 0.717) is 0 Å². The number of hydrogen-bond donors (Lipinski definition) is 2. The van der Waals surface area contributed by atoms with Crippen LogP contribution >= 0.6 is 0 Å². The Kier molecular flexibility index (Phi) is 5.26. The first kappa shape index (κ1) is 15.7. The number of nitrogens with one attached hydrogen (secondary N) is 2. The number of nitrogens with zero attached hydrogens (tertiary/aromatic N) is 1. The van der Waals surface area contributed by atoms with Crippen molar-refractivity contribution in [3.63, 3.8) is 0 Å². The maximum atomic E-state index is 11.8. The van der Waals surface area contributed by atoms with Gasteiger partial charge < -0.3 is 14.6 Å². The predicted molar refractivity (Wildman–Crippen MR) is 79.1 cm³/mol. The highest BCUT2D eigenvalue weighted by atomic mass is 16.5. The van der Waals surface area contributed by atoms with Crippen LogP contribution in [0, 0.1) is 6.92 Å². The molecule has 1 heterocycles. The summed E-state index contributed by atoms with van der Waals surface area (Å²) >= 11 is 0. The van der Waals surface area contributed by atoms with Gasteiger partial charge in [-0.1, -0.05) is 29.4 Å². The first-order chi connectivity index (χ1) is 10.6. The van der Waals surface area contributed by atoms with E-state index in [-0.39, 0.29) is 18.5 Å². The van der Waals surface area contributed by atoms with Crippen molar-refractivity contribution in [2.45, 2.75) is 13.0 Å². The molecule has 0 aliphatic carbocycles. The van der Waals surface area contributed by atoms with E-state index in [1.807, 2.05) is 31.2 Å². The van der Waals surface area contributed by atoms with E-state index in [0.717, 1.165) is 11.1 Å². The Labute approximate surface area is 127 Å². The zero-order valence-electron chi connectivity index (χ0n) is 12.3. The van der Waals surface area contributed by atoms with E-state index in [9.17, 15) is 9.59 Å². The molecule has 22 heavy (non-hydrogen) atoms. The highest BCUT2D eigenvalue weighted by Gasteiger charge is 2.18. The fourth-order valence-corrected chi connectivity index (χ4v) is 1.98. The third-order valence-electron chi connectivity index (χ3n) is 3.15. The summed E-state index contributed by atoms with van der Waals surface area (Å²) in [5, 5.41) is 8.35. The lowest BCUT2D eigenvalue weighted by Gasteiger charge is -2.18. The molecule has 0 fully saturated rings. The Morgan fingerprint density at radius 2 is 2.05 bits per heavy atom. The molecular weight excluding hydrogens is 286 g/mol. The van der Waals surface area contributed by atoms with E-state index in [2.05, 4.69) is 20.3 Å². The van der Waals surface area contributed by atoms with Crippen LogP contribution in [0.2, 0.25) is 0 Å². The second-order valence-electron chi connectivity index (χ2n) is 4.63. The van der Waals surface area contributed by atoms with Crippen LogP contribution in [-0.4, -0.2) is 30.6 Å². The molecule has 0 spiro atoms. The highest BCUT2D eigenvalue weighted by Crippen LogP contribution is 2.19. The normalized spacial score (nSPS) is 11.7. The average molecular weight is 303 g/mol. The number of carbonyl (C=O) groups is 2. The Bertz CT molecular complexity index is 640. The van der Waals surface area contributed by atoms with Gasteiger partial charge in [-0.2, -0.15) is 0 Å². The molecule has 7 nitrogen and oxygen atoms in total. The van der Waals surface area contributed by atoms with Crippen molar-refractivity contribution in [3.8, 4) is 0 Å². The highest BCUT2D eigenvalue weighted by molar-refractivity contribution is 6.39. The van der Waals surface area contributed by atoms with Gasteiger partial charge in [-0.15, -0.1) is 0 Å². The van der Waals surface area contributed by atoms with Crippen LogP contribution in [-0.2, 0) is 14.3 Å². The molecule has 2 amide bonds. The lowest BCUT2D eigenvalue weighted by Crippen LogP contribution is -2.38. The second-order valence-corrected chi connectivity index (χ2v) is 4.63. The minimum absolute atomic E-state index is 0.183. The molecule has 0 bridgehead atoms. The van der Waals surface area contributed by atoms with Crippen LogP contribution in [0.25, 0.3) is 0 Å². The van der Waals surface area contributed by atoms with Crippen molar-refractivity contribution < 1.29 is 18.8 Å². The van der Waals surface area contributed by atoms with Gasteiger partial charge in [0.05, 0.1) is 6.10 Å². The van der Waals surface area contributed by atoms with Crippen molar-refractivity contribution in [2.75, 3.05) is 19.0 Å². The fourth-order valence-electron chi connectivity index (χ4n) is 1.98. The van der Waals surface area contributed by atoms with Crippen molar-refractivity contribution in [2.24, 2.45) is 0 Å². The van der Waals surface area contributed by atoms with Gasteiger partial charge in [0.2, 0.25) is 0 Å².